The van der Waals surface area contributed by atoms with E-state index in [4.69, 9.17) is 0 Å². The minimum absolute atomic E-state index is 0.0913. The number of nitrogens with zero attached hydrogens (tertiary/aromatic N) is 2. The number of hydrogen-bond donors (Lipinski definition) is 3. The van der Waals surface area contributed by atoms with Gasteiger partial charge in [-0.3, -0.25) is 15.4 Å². The number of methoxy groups -OCH3 is 1. The quantitative estimate of drug-likeness (QED) is 0.356. The number of thiazole rings is 1. The first-order valence-corrected chi connectivity index (χ1v) is 11.2. The topological polar surface area (TPSA) is 113 Å². The van der Waals surface area contributed by atoms with Crippen LogP contribution in [0.25, 0.3) is 10.2 Å². The smallest absolute Gasteiger partial charge is 0.419 e. The molecule has 3 amide bonds. The Hall–Kier alpha value is -3.78. The Morgan fingerprint density at radius 1 is 1.19 bits per heavy atom. The highest BCUT2D eigenvalue weighted by Crippen LogP contribution is 2.44. The van der Waals surface area contributed by atoms with Gasteiger partial charge in [-0.05, 0) is 42.0 Å². The lowest BCUT2D eigenvalue weighted by Gasteiger charge is -2.45. The molecule has 190 valence electrons. The molecule has 0 radical (unpaired) electrons. The van der Waals surface area contributed by atoms with Crippen molar-refractivity contribution >= 4 is 50.3 Å². The summed E-state index contributed by atoms with van der Waals surface area (Å²) >= 11 is 0.900. The highest BCUT2D eigenvalue weighted by atomic mass is 32.1. The van der Waals surface area contributed by atoms with Crippen LogP contribution in [0.5, 0.6) is 0 Å². The average molecular weight is 525 g/mol. The van der Waals surface area contributed by atoms with Crippen molar-refractivity contribution in [2.75, 3.05) is 31.3 Å². The monoisotopic (exact) mass is 525 g/mol. The number of amides is 3. The summed E-state index contributed by atoms with van der Waals surface area (Å²) in [7, 11) is 2.19. The maximum Gasteiger partial charge on any atom is 0.419 e. The van der Waals surface area contributed by atoms with Crippen LogP contribution in [0, 0.1) is 5.82 Å². The van der Waals surface area contributed by atoms with Gasteiger partial charge < -0.3 is 15.0 Å². The maximum absolute atomic E-state index is 14.4. The van der Waals surface area contributed by atoms with Crippen molar-refractivity contribution < 1.29 is 36.7 Å². The highest BCUT2D eigenvalue weighted by molar-refractivity contribution is 7.22. The number of likely N-dealkylation sites (N-methyl/N-ethyl adjacent to an activating group) is 1. The zero-order valence-electron chi connectivity index (χ0n) is 18.8. The lowest BCUT2D eigenvalue weighted by molar-refractivity contribution is -0.217. The molecule has 14 heteroatoms. The Morgan fingerprint density at radius 3 is 2.53 bits per heavy atom. The van der Waals surface area contributed by atoms with Crippen molar-refractivity contribution in [2.24, 2.45) is 0 Å². The molecule has 3 aromatic rings. The largest absolute Gasteiger partial charge is 0.467 e. The van der Waals surface area contributed by atoms with Gasteiger partial charge in [0.2, 0.25) is 5.54 Å². The standard InChI is InChI=1S/C22H19F4N5O4S/c1-31-15(17(32)35-2)10-27-21(18(31)33,22(24,25)26)11-3-8-14-16(9-11)36-20(29-14)30-19(34)28-13-6-4-12(23)5-7-13/h3-9,15,27H,10H2,1-2H3,(H2,28,29,30,34)/t15-,21?/m0/s1. The van der Waals surface area contributed by atoms with Crippen molar-refractivity contribution in [1.82, 2.24) is 15.2 Å². The van der Waals surface area contributed by atoms with Crippen LogP contribution < -0.4 is 16.0 Å². The molecule has 1 aliphatic rings. The molecule has 36 heavy (non-hydrogen) atoms. The number of aromatic nitrogens is 1. The minimum atomic E-state index is -5.05. The number of carbonyl (C=O) groups is 3. The van der Waals surface area contributed by atoms with E-state index in [0.717, 1.165) is 48.6 Å². The predicted molar refractivity (Wildman–Crippen MR) is 123 cm³/mol. The summed E-state index contributed by atoms with van der Waals surface area (Å²) in [4.78, 5) is 42.1. The molecule has 1 aliphatic heterocycles. The van der Waals surface area contributed by atoms with E-state index in [9.17, 15) is 31.9 Å². The van der Waals surface area contributed by atoms with Crippen LogP contribution in [0.15, 0.2) is 42.5 Å². The van der Waals surface area contributed by atoms with Gasteiger partial charge in [0, 0.05) is 19.3 Å². The molecular formula is C22H19F4N5O4S. The molecule has 0 bridgehead atoms. The number of urea groups is 1. The Labute approximate surface area is 205 Å². The molecule has 2 atom stereocenters. The number of anilines is 2. The van der Waals surface area contributed by atoms with Crippen molar-refractivity contribution in [3.05, 3.63) is 53.8 Å². The number of halogens is 4. The third kappa shape index (κ3) is 4.44. The van der Waals surface area contributed by atoms with Gasteiger partial charge >= 0.3 is 18.2 Å². The molecule has 0 aliphatic carbocycles. The van der Waals surface area contributed by atoms with Crippen LogP contribution >= 0.6 is 11.3 Å². The molecule has 0 spiro atoms. The molecule has 9 nitrogen and oxygen atoms in total. The number of carbonyl (C=O) groups excluding carboxylic acids is 3. The Bertz CT molecular complexity index is 1330. The van der Waals surface area contributed by atoms with Crippen molar-refractivity contribution in [2.45, 2.75) is 17.8 Å². The van der Waals surface area contributed by atoms with Gasteiger partial charge in [-0.25, -0.2) is 19.0 Å². The van der Waals surface area contributed by atoms with Gasteiger partial charge in [-0.2, -0.15) is 13.2 Å². The Kier molecular flexibility index (Phi) is 6.58. The molecule has 1 aromatic heterocycles. The highest BCUT2D eigenvalue weighted by Gasteiger charge is 2.65. The Balaban J connectivity index is 1.62. The molecule has 1 saturated heterocycles. The first-order valence-electron chi connectivity index (χ1n) is 10.4. The molecule has 1 fully saturated rings. The zero-order chi connectivity index (χ0) is 26.3. The molecule has 1 unspecified atom stereocenters. The molecular weight excluding hydrogens is 506 g/mol. The fraction of sp³-hybridized carbons (Fsp3) is 0.273. The van der Waals surface area contributed by atoms with E-state index in [-0.39, 0.29) is 9.83 Å². The summed E-state index contributed by atoms with van der Waals surface area (Å²) in [6, 6.07) is 6.72. The van der Waals surface area contributed by atoms with Gasteiger partial charge in [0.15, 0.2) is 5.13 Å². The van der Waals surface area contributed by atoms with Crippen LogP contribution in [0.1, 0.15) is 5.56 Å². The second-order valence-electron chi connectivity index (χ2n) is 7.87. The summed E-state index contributed by atoms with van der Waals surface area (Å²) in [5.41, 5.74) is -2.88. The van der Waals surface area contributed by atoms with Crippen molar-refractivity contribution in [1.29, 1.82) is 0 Å². The lowest BCUT2D eigenvalue weighted by Crippen LogP contribution is -2.71. The summed E-state index contributed by atoms with van der Waals surface area (Å²) in [5.74, 6) is -2.68. The number of alkyl halides is 3. The number of benzene rings is 2. The minimum Gasteiger partial charge on any atom is -0.467 e. The average Bonchev–Trinajstić information content (AvgIpc) is 3.22. The first-order chi connectivity index (χ1) is 17.0. The fourth-order valence-corrected chi connectivity index (χ4v) is 4.76. The van der Waals surface area contributed by atoms with E-state index in [1.807, 2.05) is 0 Å². The number of hydrogen-bond acceptors (Lipinski definition) is 7. The van der Waals surface area contributed by atoms with Gasteiger partial charge in [-0.15, -0.1) is 0 Å². The molecule has 4 rings (SSSR count). The Morgan fingerprint density at radius 2 is 1.89 bits per heavy atom. The maximum atomic E-state index is 14.4. The van der Waals surface area contributed by atoms with E-state index < -0.39 is 53.6 Å². The van der Waals surface area contributed by atoms with Crippen LogP contribution in [0.3, 0.4) is 0 Å². The number of piperazine rings is 1. The van der Waals surface area contributed by atoms with E-state index in [2.05, 4.69) is 25.7 Å². The summed E-state index contributed by atoms with van der Waals surface area (Å²) < 4.78 is 61.1. The second-order valence-corrected chi connectivity index (χ2v) is 8.90. The number of nitrogens with one attached hydrogen (secondary N) is 3. The third-order valence-electron chi connectivity index (χ3n) is 5.71. The van der Waals surface area contributed by atoms with Crippen molar-refractivity contribution in [3.63, 3.8) is 0 Å². The normalized spacial score (nSPS) is 20.3. The fourth-order valence-electron chi connectivity index (χ4n) is 3.86. The number of fused-ring (bicyclic) bond motifs is 1. The van der Waals surface area contributed by atoms with Crippen LogP contribution in [-0.4, -0.2) is 60.7 Å². The molecule has 2 aromatic carbocycles. The van der Waals surface area contributed by atoms with E-state index in [1.54, 1.807) is 0 Å². The number of rotatable bonds is 4. The molecule has 3 N–H and O–H groups in total. The molecule has 0 saturated carbocycles. The zero-order valence-corrected chi connectivity index (χ0v) is 19.6. The predicted octanol–water partition coefficient (Wildman–Crippen LogP) is 3.44. The van der Waals surface area contributed by atoms with Crippen LogP contribution in [0.2, 0.25) is 0 Å². The van der Waals surface area contributed by atoms with E-state index >= 15 is 0 Å². The summed E-state index contributed by atoms with van der Waals surface area (Å²) in [5, 5.41) is 7.28. The van der Waals surface area contributed by atoms with Crippen molar-refractivity contribution in [3.8, 4) is 0 Å². The van der Waals surface area contributed by atoms with Crippen LogP contribution in [-0.2, 0) is 19.9 Å². The van der Waals surface area contributed by atoms with Gasteiger partial charge in [0.1, 0.15) is 11.9 Å². The first kappa shape index (κ1) is 25.3. The number of ether oxygens (including phenoxy) is 1. The SMILES string of the molecule is COC(=O)[C@@H]1CNC(c2ccc3nc(NC(=O)Nc4ccc(F)cc4)sc3c2)(C(F)(F)F)C(=O)N1C. The lowest BCUT2D eigenvalue weighted by atomic mass is 9.84. The van der Waals surface area contributed by atoms with Gasteiger partial charge in [-0.1, -0.05) is 17.4 Å². The third-order valence-corrected chi connectivity index (χ3v) is 6.65. The second kappa shape index (κ2) is 9.35. The molecule has 2 heterocycles. The number of esters is 1. The van der Waals surface area contributed by atoms with E-state index in [0.29, 0.717) is 11.2 Å². The summed E-state index contributed by atoms with van der Waals surface area (Å²) in [6.45, 7) is -0.481. The van der Waals surface area contributed by atoms with Gasteiger partial charge in [0.25, 0.3) is 5.91 Å². The van der Waals surface area contributed by atoms with E-state index in [1.165, 1.54) is 24.3 Å². The van der Waals surface area contributed by atoms with Gasteiger partial charge in [0.05, 0.1) is 17.3 Å². The summed E-state index contributed by atoms with van der Waals surface area (Å²) in [6.07, 6.45) is -5.05. The van der Waals surface area contributed by atoms with Crippen LogP contribution in [0.4, 0.5) is 33.2 Å².